The Morgan fingerprint density at radius 2 is 2.00 bits per heavy atom. The molecule has 1 fully saturated rings. The van der Waals surface area contributed by atoms with E-state index in [0.717, 1.165) is 42.2 Å². The summed E-state index contributed by atoms with van der Waals surface area (Å²) in [6, 6.07) is 18.0. The van der Waals surface area contributed by atoms with E-state index in [0.29, 0.717) is 25.0 Å². The number of aromatic nitrogens is 1. The van der Waals surface area contributed by atoms with Crippen LogP contribution < -0.4 is 10.1 Å². The van der Waals surface area contributed by atoms with E-state index in [1.54, 1.807) is 0 Å². The van der Waals surface area contributed by atoms with E-state index < -0.39 is 0 Å². The zero-order valence-corrected chi connectivity index (χ0v) is 18.0. The highest BCUT2D eigenvalue weighted by atomic mass is 16.5. The Kier molecular flexibility index (Phi) is 6.67. The molecule has 3 aromatic rings. The third-order valence-corrected chi connectivity index (χ3v) is 5.83. The molecule has 1 aromatic heterocycles. The SMILES string of the molecule is COC(=O)[C@@H]1CNC[C@H]1CCc1cccc(OCc2nc(-c3ccccc3)oc2C)c1. The van der Waals surface area contributed by atoms with Gasteiger partial charge in [-0.1, -0.05) is 30.3 Å². The summed E-state index contributed by atoms with van der Waals surface area (Å²) >= 11 is 0. The lowest BCUT2D eigenvalue weighted by Crippen LogP contribution is -2.24. The highest BCUT2D eigenvalue weighted by Gasteiger charge is 2.33. The number of nitrogens with zero attached hydrogens (tertiary/aromatic N) is 1. The average Bonchev–Trinajstić information content (AvgIpc) is 3.43. The van der Waals surface area contributed by atoms with E-state index >= 15 is 0 Å². The van der Waals surface area contributed by atoms with Gasteiger partial charge in [-0.2, -0.15) is 0 Å². The first-order chi connectivity index (χ1) is 15.1. The lowest BCUT2D eigenvalue weighted by molar-refractivity contribution is -0.146. The quantitative estimate of drug-likeness (QED) is 0.552. The topological polar surface area (TPSA) is 73.6 Å². The van der Waals surface area contributed by atoms with Crippen LogP contribution in [0.25, 0.3) is 11.5 Å². The Labute approximate surface area is 182 Å². The van der Waals surface area contributed by atoms with Crippen LogP contribution in [0.3, 0.4) is 0 Å². The van der Waals surface area contributed by atoms with E-state index in [1.165, 1.54) is 12.7 Å². The van der Waals surface area contributed by atoms with Gasteiger partial charge in [0, 0.05) is 12.1 Å². The molecule has 0 radical (unpaired) electrons. The molecular weight excluding hydrogens is 392 g/mol. The molecular formula is C25H28N2O4. The zero-order chi connectivity index (χ0) is 21.6. The normalized spacial score (nSPS) is 18.1. The average molecular weight is 421 g/mol. The van der Waals surface area contributed by atoms with E-state index in [9.17, 15) is 4.79 Å². The lowest BCUT2D eigenvalue weighted by Gasteiger charge is -2.16. The van der Waals surface area contributed by atoms with Crippen molar-refractivity contribution in [3.8, 4) is 17.2 Å². The molecule has 1 aliphatic heterocycles. The second kappa shape index (κ2) is 9.79. The van der Waals surface area contributed by atoms with Gasteiger partial charge in [0.15, 0.2) is 0 Å². The molecule has 1 N–H and O–H groups in total. The predicted molar refractivity (Wildman–Crippen MR) is 118 cm³/mol. The van der Waals surface area contributed by atoms with Crippen LogP contribution in [0.4, 0.5) is 0 Å². The van der Waals surface area contributed by atoms with Gasteiger partial charge in [-0.15, -0.1) is 0 Å². The third-order valence-electron chi connectivity index (χ3n) is 5.83. The highest BCUT2D eigenvalue weighted by Crippen LogP contribution is 2.26. The standard InChI is InChI=1S/C25H28N2O4/c1-17-23(27-24(31-17)19-8-4-3-5-9-19)16-30-21-10-6-7-18(13-21)11-12-20-14-26-15-22(20)25(28)29-2/h3-10,13,20,22,26H,11-12,14-16H2,1-2H3/t20-,22-/m1/s1. The smallest absolute Gasteiger partial charge is 0.310 e. The summed E-state index contributed by atoms with van der Waals surface area (Å²) in [4.78, 5) is 16.5. The second-order valence-electron chi connectivity index (χ2n) is 7.91. The van der Waals surface area contributed by atoms with E-state index in [2.05, 4.69) is 22.4 Å². The minimum absolute atomic E-state index is 0.0571. The van der Waals surface area contributed by atoms with Gasteiger partial charge in [-0.3, -0.25) is 4.79 Å². The number of methoxy groups -OCH3 is 1. The first kappa shape index (κ1) is 21.1. The first-order valence-electron chi connectivity index (χ1n) is 10.7. The van der Waals surface area contributed by atoms with Gasteiger partial charge in [-0.25, -0.2) is 4.98 Å². The van der Waals surface area contributed by atoms with Crippen LogP contribution in [0.1, 0.15) is 23.4 Å². The number of nitrogens with one attached hydrogen (secondary N) is 1. The van der Waals surface area contributed by atoms with E-state index in [1.807, 2.05) is 49.4 Å². The van der Waals surface area contributed by atoms with E-state index in [4.69, 9.17) is 13.9 Å². The molecule has 0 amide bonds. The third kappa shape index (κ3) is 5.14. The lowest BCUT2D eigenvalue weighted by atomic mass is 9.90. The van der Waals surface area contributed by atoms with Crippen molar-refractivity contribution in [1.82, 2.24) is 10.3 Å². The maximum Gasteiger partial charge on any atom is 0.310 e. The fourth-order valence-electron chi connectivity index (χ4n) is 4.02. The van der Waals surface area contributed by atoms with Gasteiger partial charge < -0.3 is 19.2 Å². The van der Waals surface area contributed by atoms with Crippen LogP contribution in [-0.2, 0) is 22.6 Å². The monoisotopic (exact) mass is 420 g/mol. The molecule has 0 spiro atoms. The zero-order valence-electron chi connectivity index (χ0n) is 18.0. The van der Waals surface area contributed by atoms with Crippen molar-refractivity contribution in [3.05, 3.63) is 71.6 Å². The Bertz CT molecular complexity index is 1020. The molecule has 6 heteroatoms. The fraction of sp³-hybridized carbons (Fsp3) is 0.360. The largest absolute Gasteiger partial charge is 0.487 e. The van der Waals surface area contributed by atoms with Crippen LogP contribution in [-0.4, -0.2) is 31.2 Å². The van der Waals surface area contributed by atoms with Crippen molar-refractivity contribution in [2.45, 2.75) is 26.4 Å². The van der Waals surface area contributed by atoms with E-state index in [-0.39, 0.29) is 11.9 Å². The number of rotatable bonds is 8. The van der Waals surface area contributed by atoms with Gasteiger partial charge in [0.05, 0.1) is 13.0 Å². The van der Waals surface area contributed by atoms with Gasteiger partial charge >= 0.3 is 5.97 Å². The molecule has 2 aromatic carbocycles. The molecule has 162 valence electrons. The van der Waals surface area contributed by atoms with Gasteiger partial charge in [0.1, 0.15) is 23.8 Å². The first-order valence-corrected chi connectivity index (χ1v) is 10.7. The molecule has 0 aliphatic carbocycles. The Morgan fingerprint density at radius 1 is 1.16 bits per heavy atom. The molecule has 2 atom stereocenters. The van der Waals surface area contributed by atoms with Crippen LogP contribution >= 0.6 is 0 Å². The molecule has 0 saturated carbocycles. The van der Waals surface area contributed by atoms with Crippen molar-refractivity contribution >= 4 is 5.97 Å². The summed E-state index contributed by atoms with van der Waals surface area (Å²) in [6.07, 6.45) is 1.82. The maximum atomic E-state index is 11.9. The summed E-state index contributed by atoms with van der Waals surface area (Å²) in [5.41, 5.74) is 2.93. The molecule has 1 aliphatic rings. The number of aryl methyl sites for hydroxylation is 2. The molecule has 0 unspecified atom stereocenters. The molecule has 4 rings (SSSR count). The van der Waals surface area contributed by atoms with Crippen molar-refractivity contribution in [2.24, 2.45) is 11.8 Å². The summed E-state index contributed by atoms with van der Waals surface area (Å²) in [7, 11) is 1.46. The number of benzene rings is 2. The minimum atomic E-state index is -0.120. The van der Waals surface area contributed by atoms with Gasteiger partial charge in [-0.05, 0) is 62.1 Å². The van der Waals surface area contributed by atoms with Crippen LogP contribution in [0.15, 0.2) is 59.0 Å². The number of hydrogen-bond acceptors (Lipinski definition) is 6. The number of esters is 1. The van der Waals surface area contributed by atoms with Gasteiger partial charge in [0.25, 0.3) is 0 Å². The number of carbonyl (C=O) groups excluding carboxylic acids is 1. The van der Waals surface area contributed by atoms with Crippen molar-refractivity contribution in [2.75, 3.05) is 20.2 Å². The molecule has 0 bridgehead atoms. The summed E-state index contributed by atoms with van der Waals surface area (Å²) in [6.45, 7) is 3.80. The number of hydrogen-bond donors (Lipinski definition) is 1. The maximum absolute atomic E-state index is 11.9. The Morgan fingerprint density at radius 3 is 2.81 bits per heavy atom. The number of ether oxygens (including phenoxy) is 2. The Hall–Kier alpha value is -3.12. The van der Waals surface area contributed by atoms with Crippen LogP contribution in [0, 0.1) is 18.8 Å². The molecule has 2 heterocycles. The fourth-order valence-corrected chi connectivity index (χ4v) is 4.02. The van der Waals surface area contributed by atoms with Crippen molar-refractivity contribution in [1.29, 1.82) is 0 Å². The summed E-state index contributed by atoms with van der Waals surface area (Å²) in [5, 5.41) is 3.30. The minimum Gasteiger partial charge on any atom is -0.487 e. The number of carbonyl (C=O) groups is 1. The molecule has 1 saturated heterocycles. The van der Waals surface area contributed by atoms with Gasteiger partial charge in [0.2, 0.25) is 5.89 Å². The van der Waals surface area contributed by atoms with Crippen molar-refractivity contribution < 1.29 is 18.7 Å². The summed E-state index contributed by atoms with van der Waals surface area (Å²) in [5.74, 6) is 2.29. The predicted octanol–water partition coefficient (Wildman–Crippen LogP) is 4.17. The highest BCUT2D eigenvalue weighted by molar-refractivity contribution is 5.73. The van der Waals surface area contributed by atoms with Crippen molar-refractivity contribution in [3.63, 3.8) is 0 Å². The number of oxazole rings is 1. The molecule has 31 heavy (non-hydrogen) atoms. The molecule has 6 nitrogen and oxygen atoms in total. The Balaban J connectivity index is 1.35. The van der Waals surface area contributed by atoms with Crippen LogP contribution in [0.2, 0.25) is 0 Å². The second-order valence-corrected chi connectivity index (χ2v) is 7.91. The van der Waals surface area contributed by atoms with Crippen LogP contribution in [0.5, 0.6) is 5.75 Å². The summed E-state index contributed by atoms with van der Waals surface area (Å²) < 4.78 is 16.8.